The topological polar surface area (TPSA) is 106 Å². The lowest BCUT2D eigenvalue weighted by Gasteiger charge is -2.05. The summed E-state index contributed by atoms with van der Waals surface area (Å²) in [6.45, 7) is 1.75. The molecule has 0 saturated carbocycles. The number of benzene rings is 1. The van der Waals surface area contributed by atoms with E-state index in [-0.39, 0.29) is 12.5 Å². The average molecular weight is 348 g/mol. The number of carbonyl (C=O) groups excluding carboxylic acids is 2. The van der Waals surface area contributed by atoms with E-state index < -0.39 is 6.09 Å². The number of amides is 2. The minimum absolute atomic E-state index is 0.112. The number of nitrogens with two attached hydrogens (primary N) is 1. The Labute approximate surface area is 144 Å². The van der Waals surface area contributed by atoms with Gasteiger partial charge < -0.3 is 10.1 Å². The molecule has 0 spiro atoms. The van der Waals surface area contributed by atoms with Crippen LogP contribution in [0.3, 0.4) is 0 Å². The van der Waals surface area contributed by atoms with E-state index in [4.69, 9.17) is 10.6 Å². The molecule has 0 saturated heterocycles. The second-order valence-electron chi connectivity index (χ2n) is 5.17. The molecule has 1 heterocycles. The van der Waals surface area contributed by atoms with Crippen LogP contribution in [0.1, 0.15) is 23.7 Å². The van der Waals surface area contributed by atoms with Gasteiger partial charge in [-0.15, -0.1) is 11.3 Å². The Morgan fingerprint density at radius 2 is 1.83 bits per heavy atom. The number of anilines is 1. The molecule has 1 aromatic heterocycles. The van der Waals surface area contributed by atoms with E-state index in [1.807, 2.05) is 22.9 Å². The molecule has 8 heteroatoms. The van der Waals surface area contributed by atoms with Crippen LogP contribution in [0.5, 0.6) is 0 Å². The zero-order valence-corrected chi connectivity index (χ0v) is 14.2. The Bertz CT molecular complexity index is 685. The van der Waals surface area contributed by atoms with Gasteiger partial charge in [-0.3, -0.25) is 10.2 Å². The van der Waals surface area contributed by atoms with Crippen LogP contribution >= 0.6 is 11.3 Å². The fourth-order valence-corrected chi connectivity index (χ4v) is 2.87. The fourth-order valence-electron chi connectivity index (χ4n) is 2.08. The second kappa shape index (κ2) is 8.99. The van der Waals surface area contributed by atoms with Crippen molar-refractivity contribution in [3.8, 4) is 0 Å². The third-order valence-electron chi connectivity index (χ3n) is 3.27. The highest BCUT2D eigenvalue weighted by Gasteiger charge is 2.04. The van der Waals surface area contributed by atoms with E-state index in [0.29, 0.717) is 11.6 Å². The summed E-state index contributed by atoms with van der Waals surface area (Å²) in [6.07, 6.45) is 1.69. The normalized spacial score (nSPS) is 10.2. The Morgan fingerprint density at radius 1 is 1.17 bits per heavy atom. The van der Waals surface area contributed by atoms with Crippen molar-refractivity contribution >= 4 is 28.5 Å². The first-order valence-corrected chi connectivity index (χ1v) is 8.38. The summed E-state index contributed by atoms with van der Waals surface area (Å²) in [5, 5.41) is 5.27. The Morgan fingerprint density at radius 3 is 2.46 bits per heavy atom. The van der Waals surface area contributed by atoms with Gasteiger partial charge in [-0.05, 0) is 24.0 Å². The smallest absolute Gasteiger partial charge is 0.421 e. The highest BCUT2D eigenvalue weighted by Crippen LogP contribution is 2.17. The van der Waals surface area contributed by atoms with Gasteiger partial charge in [0, 0.05) is 18.7 Å². The van der Waals surface area contributed by atoms with Crippen molar-refractivity contribution in [2.75, 3.05) is 11.9 Å². The number of aryl methyl sites for hydroxylation is 2. The molecule has 128 valence electrons. The van der Waals surface area contributed by atoms with Crippen LogP contribution in [0.25, 0.3) is 0 Å². The van der Waals surface area contributed by atoms with E-state index in [1.54, 1.807) is 0 Å². The predicted molar refractivity (Wildman–Crippen MR) is 92.6 cm³/mol. The molecule has 4 N–H and O–H groups in total. The molecule has 0 atom stereocenters. The number of aromatic nitrogens is 1. The van der Waals surface area contributed by atoms with Crippen molar-refractivity contribution in [1.29, 1.82) is 0 Å². The molecular weight excluding hydrogens is 328 g/mol. The Hall–Kier alpha value is -2.45. The van der Waals surface area contributed by atoms with Gasteiger partial charge in [-0.25, -0.2) is 15.6 Å². The van der Waals surface area contributed by atoms with Crippen molar-refractivity contribution in [1.82, 2.24) is 10.4 Å². The molecule has 0 aliphatic heterocycles. The number of carbonyl (C=O) groups is 2. The number of rotatable bonds is 7. The highest BCUT2D eigenvalue weighted by molar-refractivity contribution is 7.13. The minimum atomic E-state index is -0.631. The second-order valence-corrected chi connectivity index (χ2v) is 6.03. The van der Waals surface area contributed by atoms with Crippen LogP contribution in [-0.4, -0.2) is 23.6 Å². The van der Waals surface area contributed by atoms with Crippen LogP contribution < -0.4 is 16.6 Å². The summed E-state index contributed by atoms with van der Waals surface area (Å²) in [5.74, 6) is 4.82. The molecule has 2 rings (SSSR count). The molecular formula is C16H20N4O3S. The van der Waals surface area contributed by atoms with Crippen molar-refractivity contribution in [2.45, 2.75) is 26.2 Å². The summed E-state index contributed by atoms with van der Waals surface area (Å²) in [4.78, 5) is 26.2. The summed E-state index contributed by atoms with van der Waals surface area (Å²) >= 11 is 1.43. The summed E-state index contributed by atoms with van der Waals surface area (Å²) < 4.78 is 4.85. The number of thiazole rings is 1. The van der Waals surface area contributed by atoms with Gasteiger partial charge in [-0.1, -0.05) is 24.3 Å². The van der Waals surface area contributed by atoms with Crippen LogP contribution in [0.2, 0.25) is 0 Å². The largest absolute Gasteiger partial charge is 0.448 e. The number of hydrogen-bond acceptors (Lipinski definition) is 6. The van der Waals surface area contributed by atoms with Crippen LogP contribution in [0.15, 0.2) is 29.6 Å². The lowest BCUT2D eigenvalue weighted by molar-refractivity contribution is -0.114. The lowest BCUT2D eigenvalue weighted by atomic mass is 10.1. The molecule has 7 nitrogen and oxygen atoms in total. The first-order valence-electron chi connectivity index (χ1n) is 7.50. The van der Waals surface area contributed by atoms with Gasteiger partial charge in [0.2, 0.25) is 5.91 Å². The molecule has 0 bridgehead atoms. The van der Waals surface area contributed by atoms with Gasteiger partial charge in [0.05, 0.1) is 12.3 Å². The quantitative estimate of drug-likeness (QED) is 0.403. The van der Waals surface area contributed by atoms with Gasteiger partial charge >= 0.3 is 6.09 Å². The lowest BCUT2D eigenvalue weighted by Crippen LogP contribution is -2.31. The van der Waals surface area contributed by atoms with E-state index >= 15 is 0 Å². The monoisotopic (exact) mass is 348 g/mol. The molecule has 1 aromatic carbocycles. The van der Waals surface area contributed by atoms with Crippen molar-refractivity contribution in [2.24, 2.45) is 5.84 Å². The number of nitrogens with zero attached hydrogens (tertiary/aromatic N) is 1. The van der Waals surface area contributed by atoms with Crippen molar-refractivity contribution < 1.29 is 14.3 Å². The van der Waals surface area contributed by atoms with E-state index in [0.717, 1.165) is 24.1 Å². The van der Waals surface area contributed by atoms with Crippen molar-refractivity contribution in [3.05, 3.63) is 46.5 Å². The fraction of sp³-hybridized carbons (Fsp3) is 0.312. The Balaban J connectivity index is 1.78. The molecule has 0 radical (unpaired) electrons. The maximum absolute atomic E-state index is 11.0. The van der Waals surface area contributed by atoms with Crippen LogP contribution in [0, 0.1) is 0 Å². The molecule has 0 aliphatic rings. The van der Waals surface area contributed by atoms with Crippen LogP contribution in [-0.2, 0) is 28.8 Å². The van der Waals surface area contributed by atoms with Crippen molar-refractivity contribution in [3.63, 3.8) is 0 Å². The number of nitrogens with one attached hydrogen (secondary N) is 2. The zero-order chi connectivity index (χ0) is 17.4. The number of hydrogen-bond donors (Lipinski definition) is 3. The maximum Gasteiger partial charge on any atom is 0.421 e. The molecule has 24 heavy (non-hydrogen) atoms. The number of hydrazine groups is 1. The van der Waals surface area contributed by atoms with Gasteiger partial charge in [0.25, 0.3) is 0 Å². The third kappa shape index (κ3) is 5.98. The molecule has 0 unspecified atom stereocenters. The van der Waals surface area contributed by atoms with Crippen LogP contribution in [0.4, 0.5) is 9.93 Å². The first-order chi connectivity index (χ1) is 11.6. The number of ether oxygens (including phenoxy) is 1. The molecule has 2 aromatic rings. The van der Waals surface area contributed by atoms with E-state index in [2.05, 4.69) is 22.4 Å². The molecule has 2 amide bonds. The highest BCUT2D eigenvalue weighted by atomic mass is 32.1. The zero-order valence-electron chi connectivity index (χ0n) is 13.4. The predicted octanol–water partition coefficient (Wildman–Crippen LogP) is 2.03. The Kier molecular flexibility index (Phi) is 6.71. The SMILES string of the molecule is CC(=O)Nc1nc(CCc2ccc(CCOC(=O)NN)cc2)cs1. The summed E-state index contributed by atoms with van der Waals surface area (Å²) in [5.41, 5.74) is 5.17. The molecule has 0 fully saturated rings. The van der Waals surface area contributed by atoms with Gasteiger partial charge in [0.1, 0.15) is 0 Å². The van der Waals surface area contributed by atoms with E-state index in [9.17, 15) is 9.59 Å². The minimum Gasteiger partial charge on any atom is -0.448 e. The third-order valence-corrected chi connectivity index (χ3v) is 4.08. The summed E-state index contributed by atoms with van der Waals surface area (Å²) in [6, 6.07) is 8.14. The summed E-state index contributed by atoms with van der Waals surface area (Å²) in [7, 11) is 0. The van der Waals surface area contributed by atoms with E-state index in [1.165, 1.54) is 23.8 Å². The molecule has 0 aliphatic carbocycles. The first kappa shape index (κ1) is 17.9. The maximum atomic E-state index is 11.0. The average Bonchev–Trinajstić information content (AvgIpc) is 3.00. The standard InChI is InChI=1S/C16H20N4O3S/c1-11(21)18-15-19-14(10-24-15)7-6-12-2-4-13(5-3-12)8-9-23-16(22)20-17/h2-5,10H,6-9,17H2,1H3,(H,20,22)(H,18,19,21). The van der Waals surface area contributed by atoms with Gasteiger partial charge in [-0.2, -0.15) is 0 Å². The van der Waals surface area contributed by atoms with Gasteiger partial charge in [0.15, 0.2) is 5.13 Å².